The highest BCUT2D eigenvalue weighted by Gasteiger charge is 2.18. The van der Waals surface area contributed by atoms with E-state index in [0.29, 0.717) is 32.6 Å². The van der Waals surface area contributed by atoms with Crippen LogP contribution in [0.15, 0.2) is 71.2 Å². The van der Waals surface area contributed by atoms with Crippen LogP contribution in [0.2, 0.25) is 0 Å². The highest BCUT2D eigenvalue weighted by atomic mass is 79.9. The largest absolute Gasteiger partial charge is 0.457 e. The van der Waals surface area contributed by atoms with Crippen LogP contribution in [0.3, 0.4) is 0 Å². The first-order valence-electron chi connectivity index (χ1n) is 10.3. The Bertz CT molecular complexity index is 1390. The number of hydrogen-bond donors (Lipinski definition) is 1. The number of nitro groups is 1. The Morgan fingerprint density at radius 1 is 1.06 bits per heavy atom. The molecule has 0 atom stereocenters. The minimum atomic E-state index is -0.666. The third-order valence-corrected chi connectivity index (χ3v) is 5.21. The number of rotatable bonds is 7. The van der Waals surface area contributed by atoms with Crippen molar-refractivity contribution in [3.05, 3.63) is 87.1 Å². The molecule has 0 spiro atoms. The number of anilines is 2. The van der Waals surface area contributed by atoms with Crippen LogP contribution in [0.4, 0.5) is 17.2 Å². The van der Waals surface area contributed by atoms with Gasteiger partial charge in [0.1, 0.15) is 17.3 Å². The molecule has 0 aliphatic carbocycles. The fourth-order valence-electron chi connectivity index (χ4n) is 3.14. The molecule has 0 fully saturated rings. The lowest BCUT2D eigenvalue weighted by Crippen LogP contribution is -2.15. The first kappa shape index (κ1) is 23.1. The predicted molar refractivity (Wildman–Crippen MR) is 131 cm³/mol. The Morgan fingerprint density at radius 2 is 1.79 bits per heavy atom. The molecule has 9 nitrogen and oxygen atoms in total. The summed E-state index contributed by atoms with van der Waals surface area (Å²) >= 11 is 3.40. The summed E-state index contributed by atoms with van der Waals surface area (Å²) in [5.41, 5.74) is 0.693. The Labute approximate surface area is 203 Å². The number of carbonyl (C=O) groups excluding carboxylic acids is 1. The summed E-state index contributed by atoms with van der Waals surface area (Å²) in [5, 5.41) is 15.3. The maximum absolute atomic E-state index is 12.4. The van der Waals surface area contributed by atoms with Crippen molar-refractivity contribution in [1.82, 2.24) is 9.97 Å². The highest BCUT2D eigenvalue weighted by molar-refractivity contribution is 9.10. The van der Waals surface area contributed by atoms with Crippen LogP contribution < -0.4 is 10.1 Å². The number of non-ortho nitro benzene ring substituents is 1. The summed E-state index contributed by atoms with van der Waals surface area (Å²) in [4.78, 5) is 32.1. The minimum Gasteiger partial charge on any atom is -0.457 e. The van der Waals surface area contributed by atoms with E-state index >= 15 is 0 Å². The average molecular weight is 523 g/mol. The summed E-state index contributed by atoms with van der Waals surface area (Å²) in [6.07, 6.45) is -0.340. The smallest absolute Gasteiger partial charge is 0.376 e. The molecule has 172 valence electrons. The van der Waals surface area contributed by atoms with Crippen molar-refractivity contribution in [2.75, 3.05) is 5.32 Å². The van der Waals surface area contributed by atoms with Crippen LogP contribution in [0, 0.1) is 10.1 Å². The van der Waals surface area contributed by atoms with Gasteiger partial charge in [-0.2, -0.15) is 0 Å². The van der Waals surface area contributed by atoms with Crippen LogP contribution in [0.25, 0.3) is 10.9 Å². The number of hydrogen-bond acceptors (Lipinski definition) is 8. The van der Waals surface area contributed by atoms with Gasteiger partial charge in [0.2, 0.25) is 5.82 Å². The van der Waals surface area contributed by atoms with Gasteiger partial charge in [0.05, 0.1) is 32.8 Å². The van der Waals surface area contributed by atoms with Crippen molar-refractivity contribution in [3.63, 3.8) is 0 Å². The van der Waals surface area contributed by atoms with E-state index in [-0.39, 0.29) is 23.4 Å². The summed E-state index contributed by atoms with van der Waals surface area (Å²) < 4.78 is 11.8. The van der Waals surface area contributed by atoms with Gasteiger partial charge in [0.15, 0.2) is 0 Å². The maximum atomic E-state index is 12.4. The van der Waals surface area contributed by atoms with Crippen LogP contribution in [-0.4, -0.2) is 27.0 Å². The predicted octanol–water partition coefficient (Wildman–Crippen LogP) is 6.40. The number of benzene rings is 3. The molecule has 0 radical (unpaired) electrons. The molecule has 1 aromatic heterocycles. The SMILES string of the molecule is CC(C)OC(=O)c1nc(Nc2cc(Oc3ccccc3Br)cc([N+](=O)[O-])c2)c2ccccc2n1. The molecule has 0 bridgehead atoms. The van der Waals surface area contributed by atoms with Gasteiger partial charge in [-0.05, 0) is 54.0 Å². The van der Waals surface area contributed by atoms with Gasteiger partial charge in [-0.3, -0.25) is 10.1 Å². The molecular formula is C24H19BrN4O5. The fraction of sp³-hybridized carbons (Fsp3) is 0.125. The van der Waals surface area contributed by atoms with Crippen LogP contribution in [0.5, 0.6) is 11.5 Å². The summed E-state index contributed by atoms with van der Waals surface area (Å²) in [5.74, 6) is 0.265. The third kappa shape index (κ3) is 5.29. The van der Waals surface area contributed by atoms with Gasteiger partial charge in [0, 0.05) is 17.5 Å². The van der Waals surface area contributed by atoms with Crippen molar-refractivity contribution in [2.24, 2.45) is 0 Å². The number of para-hydroxylation sites is 2. The number of aromatic nitrogens is 2. The van der Waals surface area contributed by atoms with Gasteiger partial charge < -0.3 is 14.8 Å². The number of esters is 1. The second kappa shape index (κ2) is 9.84. The van der Waals surface area contributed by atoms with Gasteiger partial charge in [-0.1, -0.05) is 24.3 Å². The first-order valence-corrected chi connectivity index (χ1v) is 11.1. The summed E-state index contributed by atoms with van der Waals surface area (Å²) in [6.45, 7) is 3.46. The molecule has 0 saturated carbocycles. The molecular weight excluding hydrogens is 504 g/mol. The molecule has 34 heavy (non-hydrogen) atoms. The molecule has 0 amide bonds. The molecule has 1 heterocycles. The quantitative estimate of drug-likeness (QED) is 0.168. The number of ether oxygens (including phenoxy) is 2. The van der Waals surface area contributed by atoms with Crippen molar-refractivity contribution in [2.45, 2.75) is 20.0 Å². The zero-order valence-electron chi connectivity index (χ0n) is 18.2. The molecule has 0 saturated heterocycles. The van der Waals surface area contributed by atoms with Crippen molar-refractivity contribution in [1.29, 1.82) is 0 Å². The number of carbonyl (C=O) groups is 1. The number of fused-ring (bicyclic) bond motifs is 1. The summed E-state index contributed by atoms with van der Waals surface area (Å²) in [6, 6.07) is 18.6. The van der Waals surface area contributed by atoms with E-state index in [2.05, 4.69) is 31.2 Å². The zero-order valence-corrected chi connectivity index (χ0v) is 19.8. The molecule has 4 rings (SSSR count). The molecule has 3 aromatic carbocycles. The lowest BCUT2D eigenvalue weighted by atomic mass is 10.2. The molecule has 0 unspecified atom stereocenters. The number of halogens is 1. The third-order valence-electron chi connectivity index (χ3n) is 4.56. The standard InChI is InChI=1S/C24H19BrN4O5/c1-14(2)33-24(30)23-27-20-9-5-3-7-18(20)22(28-23)26-15-11-16(29(31)32)13-17(12-15)34-21-10-6-4-8-19(21)25/h3-14H,1-2H3,(H,26,27,28). The minimum absolute atomic E-state index is 0.120. The van der Waals surface area contributed by atoms with Crippen molar-refractivity contribution in [3.8, 4) is 11.5 Å². The monoisotopic (exact) mass is 522 g/mol. The van der Waals surface area contributed by atoms with E-state index in [0.717, 1.165) is 0 Å². The van der Waals surface area contributed by atoms with Crippen molar-refractivity contribution < 1.29 is 19.2 Å². The number of nitrogens with zero attached hydrogens (tertiary/aromatic N) is 3. The maximum Gasteiger partial charge on any atom is 0.376 e. The van der Waals surface area contributed by atoms with Crippen LogP contribution >= 0.6 is 15.9 Å². The Kier molecular flexibility index (Phi) is 6.69. The lowest BCUT2D eigenvalue weighted by Gasteiger charge is -2.13. The van der Waals surface area contributed by atoms with E-state index in [1.165, 1.54) is 12.1 Å². The number of nitro benzene ring substituents is 1. The van der Waals surface area contributed by atoms with E-state index < -0.39 is 10.9 Å². The van der Waals surface area contributed by atoms with Crippen LogP contribution in [0.1, 0.15) is 24.5 Å². The molecule has 1 N–H and O–H groups in total. The van der Waals surface area contributed by atoms with Gasteiger partial charge in [0.25, 0.3) is 5.69 Å². The van der Waals surface area contributed by atoms with Gasteiger partial charge >= 0.3 is 5.97 Å². The average Bonchev–Trinajstić information content (AvgIpc) is 2.80. The highest BCUT2D eigenvalue weighted by Crippen LogP contribution is 2.34. The van der Waals surface area contributed by atoms with E-state index in [9.17, 15) is 14.9 Å². The van der Waals surface area contributed by atoms with Gasteiger partial charge in [-0.15, -0.1) is 0 Å². The van der Waals surface area contributed by atoms with Crippen molar-refractivity contribution >= 4 is 50.0 Å². The van der Waals surface area contributed by atoms with E-state index in [1.807, 2.05) is 6.07 Å². The molecule has 0 aliphatic rings. The van der Waals surface area contributed by atoms with E-state index in [1.54, 1.807) is 62.4 Å². The lowest BCUT2D eigenvalue weighted by molar-refractivity contribution is -0.384. The first-order chi connectivity index (χ1) is 16.3. The molecule has 4 aromatic rings. The zero-order chi connectivity index (χ0) is 24.2. The number of nitrogens with one attached hydrogen (secondary N) is 1. The van der Waals surface area contributed by atoms with Crippen LogP contribution in [-0.2, 0) is 4.74 Å². The second-order valence-electron chi connectivity index (χ2n) is 7.50. The normalized spacial score (nSPS) is 10.8. The molecule has 10 heteroatoms. The topological polar surface area (TPSA) is 116 Å². The molecule has 0 aliphatic heterocycles. The second-order valence-corrected chi connectivity index (χ2v) is 8.35. The van der Waals surface area contributed by atoms with Gasteiger partial charge in [-0.25, -0.2) is 14.8 Å². The Morgan fingerprint density at radius 3 is 2.53 bits per heavy atom. The van der Waals surface area contributed by atoms with E-state index in [4.69, 9.17) is 9.47 Å². The fourth-order valence-corrected chi connectivity index (χ4v) is 3.51. The Balaban J connectivity index is 1.76. The Hall–Kier alpha value is -4.05. The summed E-state index contributed by atoms with van der Waals surface area (Å²) in [7, 11) is 0.